The van der Waals surface area contributed by atoms with E-state index in [9.17, 15) is 4.79 Å². The van der Waals surface area contributed by atoms with Gasteiger partial charge in [-0.2, -0.15) is 5.10 Å². The second kappa shape index (κ2) is 3.10. The molecular weight excluding hydrogens is 180 g/mol. The van der Waals surface area contributed by atoms with Crippen molar-refractivity contribution in [2.75, 3.05) is 12.4 Å². The molecule has 0 radical (unpaired) electrons. The van der Waals surface area contributed by atoms with Gasteiger partial charge in [0.25, 0.3) is 0 Å². The number of carbonyl (C=O) groups is 1. The maximum Gasteiger partial charge on any atom is 0.170 e. The first-order valence-electron chi connectivity index (χ1n) is 4.22. The van der Waals surface area contributed by atoms with Crippen LogP contribution in [0.15, 0.2) is 12.3 Å². The van der Waals surface area contributed by atoms with E-state index < -0.39 is 0 Å². The molecule has 2 heterocycles. The molecule has 5 heteroatoms. The molecule has 0 aliphatic rings. The van der Waals surface area contributed by atoms with E-state index in [4.69, 9.17) is 0 Å². The number of carbonyl (C=O) groups excluding carboxylic acids is 1. The Balaban J connectivity index is 2.77. The Morgan fingerprint density at radius 1 is 1.57 bits per heavy atom. The summed E-state index contributed by atoms with van der Waals surface area (Å²) in [7, 11) is 3.59. The fraction of sp³-hybridized carbons (Fsp3) is 0.222. The smallest absolute Gasteiger partial charge is 0.170 e. The van der Waals surface area contributed by atoms with Crippen molar-refractivity contribution in [3.8, 4) is 0 Å². The number of fused-ring (bicyclic) bond motifs is 1. The molecule has 0 aliphatic heterocycles. The molecule has 0 spiro atoms. The quantitative estimate of drug-likeness (QED) is 0.712. The van der Waals surface area contributed by atoms with Crippen LogP contribution in [0.2, 0.25) is 0 Å². The molecule has 0 aliphatic carbocycles. The molecule has 2 rings (SSSR count). The number of hydrogen-bond donors (Lipinski definition) is 1. The van der Waals surface area contributed by atoms with Gasteiger partial charge in [0.1, 0.15) is 11.2 Å². The van der Waals surface area contributed by atoms with Crippen LogP contribution in [0, 0.1) is 0 Å². The predicted octanol–water partition coefficient (Wildman–Crippen LogP) is 0.822. The Bertz CT molecular complexity index is 489. The van der Waals surface area contributed by atoms with Gasteiger partial charge in [0.05, 0.1) is 17.4 Å². The Morgan fingerprint density at radius 2 is 2.36 bits per heavy atom. The molecule has 0 unspecified atom stereocenters. The zero-order chi connectivity index (χ0) is 10.1. The van der Waals surface area contributed by atoms with Gasteiger partial charge in [-0.3, -0.25) is 9.48 Å². The van der Waals surface area contributed by atoms with Gasteiger partial charge in [-0.25, -0.2) is 4.98 Å². The number of hydrogen-bond acceptors (Lipinski definition) is 4. The van der Waals surface area contributed by atoms with Crippen molar-refractivity contribution >= 4 is 23.0 Å². The number of aldehydes is 1. The van der Waals surface area contributed by atoms with Crippen molar-refractivity contribution in [1.29, 1.82) is 0 Å². The number of pyridine rings is 1. The van der Waals surface area contributed by atoms with Gasteiger partial charge in [-0.15, -0.1) is 0 Å². The summed E-state index contributed by atoms with van der Waals surface area (Å²) in [6.45, 7) is 0. The van der Waals surface area contributed by atoms with Gasteiger partial charge in [0, 0.05) is 14.1 Å². The van der Waals surface area contributed by atoms with Gasteiger partial charge < -0.3 is 5.32 Å². The number of rotatable bonds is 2. The summed E-state index contributed by atoms with van der Waals surface area (Å²) in [6, 6.07) is 1.86. The molecule has 5 nitrogen and oxygen atoms in total. The standard InChI is InChI=1S/C9H10N4O/c1-10-6-3-9-7(4-11-13(9)2)12-8(6)5-14/h3-5,10H,1-2H3. The first-order chi connectivity index (χ1) is 6.76. The molecule has 14 heavy (non-hydrogen) atoms. The number of anilines is 1. The molecule has 0 aromatic carbocycles. The van der Waals surface area contributed by atoms with Gasteiger partial charge in [0.15, 0.2) is 6.29 Å². The van der Waals surface area contributed by atoms with E-state index in [0.29, 0.717) is 5.69 Å². The lowest BCUT2D eigenvalue weighted by Gasteiger charge is -2.03. The zero-order valence-corrected chi connectivity index (χ0v) is 7.98. The lowest BCUT2D eigenvalue weighted by molar-refractivity contribution is 0.112. The molecular formula is C9H10N4O. The number of aryl methyl sites for hydroxylation is 1. The molecule has 0 atom stereocenters. The fourth-order valence-electron chi connectivity index (χ4n) is 1.38. The van der Waals surface area contributed by atoms with E-state index in [0.717, 1.165) is 23.0 Å². The van der Waals surface area contributed by atoms with Crippen LogP contribution < -0.4 is 5.32 Å². The summed E-state index contributed by atoms with van der Waals surface area (Å²) in [5, 5.41) is 6.98. The van der Waals surface area contributed by atoms with Crippen molar-refractivity contribution in [2.24, 2.45) is 7.05 Å². The van der Waals surface area contributed by atoms with Crippen LogP contribution in [-0.2, 0) is 7.05 Å². The van der Waals surface area contributed by atoms with E-state index in [1.54, 1.807) is 17.9 Å². The Kier molecular flexibility index (Phi) is 1.92. The van der Waals surface area contributed by atoms with Crippen molar-refractivity contribution < 1.29 is 4.79 Å². The second-order valence-corrected chi connectivity index (χ2v) is 2.96. The third kappa shape index (κ3) is 1.14. The summed E-state index contributed by atoms with van der Waals surface area (Å²) in [5.41, 5.74) is 2.76. The normalized spacial score (nSPS) is 10.4. The lowest BCUT2D eigenvalue weighted by Crippen LogP contribution is -1.98. The highest BCUT2D eigenvalue weighted by Gasteiger charge is 2.07. The average Bonchev–Trinajstić information content (AvgIpc) is 2.58. The van der Waals surface area contributed by atoms with Crippen molar-refractivity contribution in [3.05, 3.63) is 18.0 Å². The molecule has 0 amide bonds. The first kappa shape index (κ1) is 8.68. The minimum absolute atomic E-state index is 0.410. The second-order valence-electron chi connectivity index (χ2n) is 2.96. The fourth-order valence-corrected chi connectivity index (χ4v) is 1.38. The van der Waals surface area contributed by atoms with Gasteiger partial charge in [-0.05, 0) is 6.07 Å². The number of aromatic nitrogens is 3. The van der Waals surface area contributed by atoms with Crippen LogP contribution >= 0.6 is 0 Å². The van der Waals surface area contributed by atoms with Gasteiger partial charge in [-0.1, -0.05) is 0 Å². The van der Waals surface area contributed by atoms with E-state index in [-0.39, 0.29) is 0 Å². The van der Waals surface area contributed by atoms with E-state index >= 15 is 0 Å². The van der Waals surface area contributed by atoms with E-state index in [1.165, 1.54) is 0 Å². The molecule has 72 valence electrons. The largest absolute Gasteiger partial charge is 0.386 e. The third-order valence-corrected chi connectivity index (χ3v) is 2.14. The van der Waals surface area contributed by atoms with E-state index in [2.05, 4.69) is 15.4 Å². The predicted molar refractivity (Wildman–Crippen MR) is 53.4 cm³/mol. The maximum absolute atomic E-state index is 10.7. The summed E-state index contributed by atoms with van der Waals surface area (Å²) in [4.78, 5) is 14.9. The highest BCUT2D eigenvalue weighted by Crippen LogP contribution is 2.18. The van der Waals surface area contributed by atoms with Crippen LogP contribution in [0.3, 0.4) is 0 Å². The molecule has 0 saturated heterocycles. The highest BCUT2D eigenvalue weighted by molar-refractivity contribution is 5.89. The summed E-state index contributed by atoms with van der Waals surface area (Å²) < 4.78 is 1.72. The van der Waals surface area contributed by atoms with Crippen LogP contribution in [0.1, 0.15) is 10.5 Å². The average molecular weight is 190 g/mol. The summed E-state index contributed by atoms with van der Waals surface area (Å²) >= 11 is 0. The van der Waals surface area contributed by atoms with Crippen molar-refractivity contribution in [2.45, 2.75) is 0 Å². The minimum Gasteiger partial charge on any atom is -0.386 e. The molecule has 1 N–H and O–H groups in total. The SMILES string of the molecule is CNc1cc2c(cnn2C)nc1C=O. The monoisotopic (exact) mass is 190 g/mol. The molecule has 0 fully saturated rings. The number of nitrogens with one attached hydrogen (secondary N) is 1. The Hall–Kier alpha value is -1.91. The number of nitrogens with zero attached hydrogens (tertiary/aromatic N) is 3. The molecule has 2 aromatic rings. The molecule has 0 saturated carbocycles. The highest BCUT2D eigenvalue weighted by atomic mass is 16.1. The minimum atomic E-state index is 0.410. The van der Waals surface area contributed by atoms with E-state index in [1.807, 2.05) is 13.1 Å². The van der Waals surface area contributed by atoms with Gasteiger partial charge >= 0.3 is 0 Å². The van der Waals surface area contributed by atoms with Crippen LogP contribution in [0.5, 0.6) is 0 Å². The third-order valence-electron chi connectivity index (χ3n) is 2.14. The van der Waals surface area contributed by atoms with Crippen LogP contribution in [0.25, 0.3) is 11.0 Å². The Morgan fingerprint density at radius 3 is 3.00 bits per heavy atom. The summed E-state index contributed by atoms with van der Waals surface area (Å²) in [6.07, 6.45) is 2.38. The lowest BCUT2D eigenvalue weighted by atomic mass is 10.2. The van der Waals surface area contributed by atoms with Gasteiger partial charge in [0.2, 0.25) is 0 Å². The van der Waals surface area contributed by atoms with Crippen molar-refractivity contribution in [3.63, 3.8) is 0 Å². The van der Waals surface area contributed by atoms with Crippen molar-refractivity contribution in [1.82, 2.24) is 14.8 Å². The Labute approximate surface area is 80.7 Å². The molecule has 2 aromatic heterocycles. The maximum atomic E-state index is 10.7. The zero-order valence-electron chi connectivity index (χ0n) is 7.98. The first-order valence-corrected chi connectivity index (χ1v) is 4.22. The summed E-state index contributed by atoms with van der Waals surface area (Å²) in [5.74, 6) is 0. The van der Waals surface area contributed by atoms with Crippen LogP contribution in [-0.4, -0.2) is 28.1 Å². The molecule has 0 bridgehead atoms. The van der Waals surface area contributed by atoms with Crippen LogP contribution in [0.4, 0.5) is 5.69 Å². The topological polar surface area (TPSA) is 59.8 Å².